The first-order valence-electron chi connectivity index (χ1n) is 7.34. The quantitative estimate of drug-likeness (QED) is 0.682. The minimum absolute atomic E-state index is 0.0466. The molecule has 0 amide bonds. The summed E-state index contributed by atoms with van der Waals surface area (Å²) in [6, 6.07) is 10.1. The topological polar surface area (TPSA) is 44.1 Å². The van der Waals surface area contributed by atoms with Gasteiger partial charge in [-0.3, -0.25) is 9.69 Å². The van der Waals surface area contributed by atoms with Gasteiger partial charge >= 0.3 is 0 Å². The van der Waals surface area contributed by atoms with E-state index in [0.717, 1.165) is 24.9 Å². The van der Waals surface area contributed by atoms with Crippen LogP contribution in [-0.2, 0) is 6.42 Å². The molecular formula is C17H24N2O. The van der Waals surface area contributed by atoms with Gasteiger partial charge in [-0.25, -0.2) is 0 Å². The maximum Gasteiger partial charge on any atom is 0.176 e. The van der Waals surface area contributed by atoms with Gasteiger partial charge in [0.25, 0.3) is 0 Å². The minimum Gasteiger partial charge on any atom is -0.295 e. The zero-order valence-corrected chi connectivity index (χ0v) is 12.7. The van der Waals surface area contributed by atoms with E-state index >= 15 is 0 Å². The third-order valence-corrected chi connectivity index (χ3v) is 3.38. The van der Waals surface area contributed by atoms with E-state index in [0.29, 0.717) is 13.1 Å². The van der Waals surface area contributed by atoms with Crippen LogP contribution in [0.1, 0.15) is 43.1 Å². The maximum atomic E-state index is 12.2. The first kappa shape index (κ1) is 16.4. The van der Waals surface area contributed by atoms with E-state index in [1.807, 2.05) is 43.0 Å². The molecule has 3 nitrogen and oxygen atoms in total. The summed E-state index contributed by atoms with van der Waals surface area (Å²) in [4.78, 5) is 14.3. The average molecular weight is 272 g/mol. The molecule has 20 heavy (non-hydrogen) atoms. The van der Waals surface area contributed by atoms with Crippen LogP contribution in [0.15, 0.2) is 24.3 Å². The summed E-state index contributed by atoms with van der Waals surface area (Å²) in [5.41, 5.74) is 2.03. The number of carbonyl (C=O) groups is 1. The lowest BCUT2D eigenvalue weighted by molar-refractivity contribution is 0.0929. The van der Waals surface area contributed by atoms with Crippen LogP contribution in [0.3, 0.4) is 0 Å². The highest BCUT2D eigenvalue weighted by molar-refractivity contribution is 5.97. The fourth-order valence-electron chi connectivity index (χ4n) is 2.17. The van der Waals surface area contributed by atoms with E-state index in [1.165, 1.54) is 5.56 Å². The van der Waals surface area contributed by atoms with Gasteiger partial charge in [-0.05, 0) is 25.5 Å². The van der Waals surface area contributed by atoms with Crippen LogP contribution < -0.4 is 0 Å². The molecule has 1 aromatic carbocycles. The second-order valence-corrected chi connectivity index (χ2v) is 5.23. The molecule has 0 aliphatic carbocycles. The van der Waals surface area contributed by atoms with Gasteiger partial charge < -0.3 is 0 Å². The lowest BCUT2D eigenvalue weighted by Crippen LogP contribution is -2.33. The lowest BCUT2D eigenvalue weighted by atomic mass is 10.0. The van der Waals surface area contributed by atoms with E-state index in [-0.39, 0.29) is 11.7 Å². The van der Waals surface area contributed by atoms with Crippen molar-refractivity contribution in [1.29, 1.82) is 5.26 Å². The first-order valence-corrected chi connectivity index (χ1v) is 7.34. The molecule has 0 aliphatic rings. The molecular weight excluding hydrogens is 248 g/mol. The summed E-state index contributed by atoms with van der Waals surface area (Å²) in [6.45, 7) is 7.86. The molecule has 0 aliphatic heterocycles. The van der Waals surface area contributed by atoms with Crippen LogP contribution in [0.5, 0.6) is 0 Å². The second kappa shape index (κ2) is 8.50. The van der Waals surface area contributed by atoms with Crippen molar-refractivity contribution in [3.63, 3.8) is 0 Å². The third kappa shape index (κ3) is 5.14. The minimum atomic E-state index is -0.0466. The molecule has 0 bridgehead atoms. The Morgan fingerprint density at radius 1 is 1.30 bits per heavy atom. The molecule has 0 saturated carbocycles. The van der Waals surface area contributed by atoms with E-state index in [9.17, 15) is 4.79 Å². The Balaban J connectivity index is 2.62. The van der Waals surface area contributed by atoms with Gasteiger partial charge in [0.15, 0.2) is 5.78 Å². The Bertz CT molecular complexity index is 459. The Hall–Kier alpha value is -1.66. The van der Waals surface area contributed by atoms with Crippen LogP contribution in [0, 0.1) is 17.2 Å². The maximum absolute atomic E-state index is 12.2. The molecule has 0 radical (unpaired) electrons. The highest BCUT2D eigenvalue weighted by atomic mass is 16.1. The number of rotatable bonds is 8. The van der Waals surface area contributed by atoms with E-state index in [4.69, 9.17) is 5.26 Å². The average Bonchev–Trinajstić information content (AvgIpc) is 2.47. The number of nitriles is 1. The van der Waals surface area contributed by atoms with Crippen molar-refractivity contribution in [2.75, 3.05) is 19.6 Å². The Kier molecular flexibility index (Phi) is 6.97. The standard InChI is InChI=1S/C17H24N2O/c1-4-6-15-7-9-16(10-8-15)17(20)13-19(5-2)12-14(3)11-18/h7-10,14H,4-6,12-13H2,1-3H3. The number of hydrogen-bond acceptors (Lipinski definition) is 3. The second-order valence-electron chi connectivity index (χ2n) is 5.23. The van der Waals surface area contributed by atoms with Crippen molar-refractivity contribution < 1.29 is 4.79 Å². The van der Waals surface area contributed by atoms with Gasteiger partial charge in [0, 0.05) is 12.1 Å². The highest BCUT2D eigenvalue weighted by Crippen LogP contribution is 2.09. The van der Waals surface area contributed by atoms with E-state index in [1.54, 1.807) is 0 Å². The normalized spacial score (nSPS) is 12.2. The number of Topliss-reactive ketones (excluding diaryl/α,β-unsaturated/α-hetero) is 1. The van der Waals surface area contributed by atoms with Gasteiger partial charge in [0.2, 0.25) is 0 Å². The smallest absolute Gasteiger partial charge is 0.176 e. The Morgan fingerprint density at radius 2 is 1.95 bits per heavy atom. The molecule has 0 aromatic heterocycles. The van der Waals surface area contributed by atoms with Crippen LogP contribution in [0.2, 0.25) is 0 Å². The summed E-state index contributed by atoms with van der Waals surface area (Å²) in [5, 5.41) is 8.85. The number of carbonyl (C=O) groups excluding carboxylic acids is 1. The number of benzene rings is 1. The SMILES string of the molecule is CCCc1ccc(C(=O)CN(CC)CC(C)C#N)cc1. The number of aryl methyl sites for hydroxylation is 1. The van der Waals surface area contributed by atoms with Gasteiger partial charge in [-0.2, -0.15) is 5.26 Å². The number of hydrogen-bond donors (Lipinski definition) is 0. The molecule has 1 atom stereocenters. The van der Waals surface area contributed by atoms with Gasteiger partial charge in [-0.15, -0.1) is 0 Å². The van der Waals surface area contributed by atoms with Gasteiger partial charge in [0.05, 0.1) is 18.5 Å². The van der Waals surface area contributed by atoms with Crippen molar-refractivity contribution in [2.24, 2.45) is 5.92 Å². The summed E-state index contributed by atoms with van der Waals surface area (Å²) in [5.74, 6) is 0.0784. The molecule has 1 aromatic rings. The largest absolute Gasteiger partial charge is 0.295 e. The predicted octanol–water partition coefficient (Wildman–Crippen LogP) is 3.30. The molecule has 3 heteroatoms. The summed E-state index contributed by atoms with van der Waals surface area (Å²) in [7, 11) is 0. The summed E-state index contributed by atoms with van der Waals surface area (Å²) in [6.07, 6.45) is 2.16. The van der Waals surface area contributed by atoms with Crippen LogP contribution in [0.4, 0.5) is 0 Å². The first-order chi connectivity index (χ1) is 9.60. The molecule has 0 N–H and O–H groups in total. The van der Waals surface area contributed by atoms with E-state index in [2.05, 4.69) is 13.0 Å². The molecule has 0 spiro atoms. The molecule has 0 heterocycles. The van der Waals surface area contributed by atoms with Crippen molar-refractivity contribution in [1.82, 2.24) is 4.90 Å². The van der Waals surface area contributed by atoms with Gasteiger partial charge in [0.1, 0.15) is 0 Å². The van der Waals surface area contributed by atoms with Crippen LogP contribution in [0.25, 0.3) is 0 Å². The highest BCUT2D eigenvalue weighted by Gasteiger charge is 2.13. The van der Waals surface area contributed by atoms with Gasteiger partial charge in [-0.1, -0.05) is 44.5 Å². The summed E-state index contributed by atoms with van der Waals surface area (Å²) < 4.78 is 0. The molecule has 0 saturated heterocycles. The fourth-order valence-corrected chi connectivity index (χ4v) is 2.17. The molecule has 0 fully saturated rings. The Morgan fingerprint density at radius 3 is 2.45 bits per heavy atom. The number of ketones is 1. The fraction of sp³-hybridized carbons (Fsp3) is 0.529. The monoisotopic (exact) mass is 272 g/mol. The lowest BCUT2D eigenvalue weighted by Gasteiger charge is -2.20. The summed E-state index contributed by atoms with van der Waals surface area (Å²) >= 11 is 0. The molecule has 1 rings (SSSR count). The predicted molar refractivity (Wildman–Crippen MR) is 81.7 cm³/mol. The zero-order chi connectivity index (χ0) is 15.0. The van der Waals surface area contributed by atoms with Crippen molar-refractivity contribution >= 4 is 5.78 Å². The molecule has 1 unspecified atom stereocenters. The third-order valence-electron chi connectivity index (χ3n) is 3.38. The number of nitrogens with zero attached hydrogens (tertiary/aromatic N) is 2. The van der Waals surface area contributed by atoms with Crippen molar-refractivity contribution in [3.8, 4) is 6.07 Å². The number of likely N-dealkylation sites (N-methyl/N-ethyl adjacent to an activating group) is 1. The Labute approximate surface area is 122 Å². The zero-order valence-electron chi connectivity index (χ0n) is 12.7. The van der Waals surface area contributed by atoms with Crippen LogP contribution in [-0.4, -0.2) is 30.3 Å². The molecule has 108 valence electrons. The van der Waals surface area contributed by atoms with E-state index < -0.39 is 0 Å². The van der Waals surface area contributed by atoms with Crippen molar-refractivity contribution in [3.05, 3.63) is 35.4 Å². The van der Waals surface area contributed by atoms with Crippen LogP contribution >= 0.6 is 0 Å². The van der Waals surface area contributed by atoms with Crippen molar-refractivity contribution in [2.45, 2.75) is 33.6 Å².